The summed E-state index contributed by atoms with van der Waals surface area (Å²) in [5, 5.41) is 15.2. The molecular formula is C15H19NOS. The Morgan fingerprint density at radius 3 is 2.89 bits per heavy atom. The molecule has 1 aromatic heterocycles. The fraction of sp³-hybridized carbons (Fsp3) is 0.333. The van der Waals surface area contributed by atoms with Gasteiger partial charge in [0.2, 0.25) is 0 Å². The molecule has 0 aliphatic heterocycles. The van der Waals surface area contributed by atoms with Crippen LogP contribution in [0.1, 0.15) is 22.1 Å². The van der Waals surface area contributed by atoms with Crippen LogP contribution in [-0.2, 0) is 6.42 Å². The molecule has 2 rings (SSSR count). The third kappa shape index (κ3) is 3.95. The standard InChI is InChI=1S/C15H19NOS/c1-12-4-2-5-13(10-12)7-8-16-11-14(17)15-6-3-9-18-15/h2-6,9-10,14,16-17H,7-8,11H2,1H3. The van der Waals surface area contributed by atoms with Crippen LogP contribution >= 0.6 is 11.3 Å². The van der Waals surface area contributed by atoms with Crippen molar-refractivity contribution in [2.24, 2.45) is 0 Å². The van der Waals surface area contributed by atoms with E-state index in [2.05, 4.69) is 36.5 Å². The number of aliphatic hydroxyl groups excluding tert-OH is 1. The van der Waals surface area contributed by atoms with Crippen LogP contribution in [0.3, 0.4) is 0 Å². The number of nitrogens with one attached hydrogen (secondary N) is 1. The van der Waals surface area contributed by atoms with E-state index in [1.54, 1.807) is 11.3 Å². The molecule has 0 radical (unpaired) electrons. The second-order valence-corrected chi connectivity index (χ2v) is 5.45. The van der Waals surface area contributed by atoms with Gasteiger partial charge in [-0.25, -0.2) is 0 Å². The molecule has 1 atom stereocenters. The number of rotatable bonds is 6. The molecule has 2 N–H and O–H groups in total. The first-order valence-electron chi connectivity index (χ1n) is 6.23. The van der Waals surface area contributed by atoms with E-state index in [0.29, 0.717) is 6.54 Å². The van der Waals surface area contributed by atoms with E-state index in [0.717, 1.165) is 17.8 Å². The summed E-state index contributed by atoms with van der Waals surface area (Å²) in [6.45, 7) is 3.62. The van der Waals surface area contributed by atoms with Gasteiger partial charge >= 0.3 is 0 Å². The predicted octanol–water partition coefficient (Wildman–Crippen LogP) is 2.92. The second-order valence-electron chi connectivity index (χ2n) is 4.47. The van der Waals surface area contributed by atoms with Crippen LogP contribution in [0.15, 0.2) is 41.8 Å². The van der Waals surface area contributed by atoms with Gasteiger partial charge in [0.1, 0.15) is 6.10 Å². The van der Waals surface area contributed by atoms with Gasteiger partial charge in [0.25, 0.3) is 0 Å². The van der Waals surface area contributed by atoms with Crippen LogP contribution in [0.25, 0.3) is 0 Å². The first kappa shape index (κ1) is 13.3. The minimum Gasteiger partial charge on any atom is -0.386 e. The van der Waals surface area contributed by atoms with E-state index in [4.69, 9.17) is 0 Å². The minimum atomic E-state index is -0.387. The third-order valence-corrected chi connectivity index (χ3v) is 3.86. The van der Waals surface area contributed by atoms with Crippen LogP contribution in [0.5, 0.6) is 0 Å². The van der Waals surface area contributed by atoms with Crippen molar-refractivity contribution in [2.45, 2.75) is 19.4 Å². The largest absolute Gasteiger partial charge is 0.386 e. The Labute approximate surface area is 112 Å². The highest BCUT2D eigenvalue weighted by molar-refractivity contribution is 7.10. The van der Waals surface area contributed by atoms with Gasteiger partial charge in [-0.1, -0.05) is 35.9 Å². The Morgan fingerprint density at radius 1 is 1.28 bits per heavy atom. The number of hydrogen-bond donors (Lipinski definition) is 2. The third-order valence-electron chi connectivity index (χ3n) is 2.88. The number of benzene rings is 1. The molecule has 0 saturated carbocycles. The first-order chi connectivity index (χ1) is 8.75. The molecule has 0 aliphatic carbocycles. The molecule has 0 spiro atoms. The molecule has 1 aromatic carbocycles. The molecule has 96 valence electrons. The predicted molar refractivity (Wildman–Crippen MR) is 77.0 cm³/mol. The number of aryl methyl sites for hydroxylation is 1. The summed E-state index contributed by atoms with van der Waals surface area (Å²) in [6.07, 6.45) is 0.612. The van der Waals surface area contributed by atoms with E-state index in [1.165, 1.54) is 11.1 Å². The lowest BCUT2D eigenvalue weighted by Crippen LogP contribution is -2.23. The van der Waals surface area contributed by atoms with E-state index >= 15 is 0 Å². The molecular weight excluding hydrogens is 242 g/mol. The summed E-state index contributed by atoms with van der Waals surface area (Å²) >= 11 is 1.60. The van der Waals surface area contributed by atoms with E-state index in [1.807, 2.05) is 17.5 Å². The zero-order valence-electron chi connectivity index (χ0n) is 10.6. The van der Waals surface area contributed by atoms with Gasteiger partial charge in [0.05, 0.1) is 0 Å². The molecule has 0 bridgehead atoms. The molecule has 3 heteroatoms. The monoisotopic (exact) mass is 261 g/mol. The van der Waals surface area contributed by atoms with Crippen molar-refractivity contribution in [3.63, 3.8) is 0 Å². The van der Waals surface area contributed by atoms with Crippen molar-refractivity contribution in [2.75, 3.05) is 13.1 Å². The van der Waals surface area contributed by atoms with Crippen molar-refractivity contribution in [3.05, 3.63) is 57.8 Å². The zero-order valence-corrected chi connectivity index (χ0v) is 11.4. The van der Waals surface area contributed by atoms with Gasteiger partial charge in [0.15, 0.2) is 0 Å². The highest BCUT2D eigenvalue weighted by atomic mass is 32.1. The first-order valence-corrected chi connectivity index (χ1v) is 7.11. The van der Waals surface area contributed by atoms with Crippen LogP contribution in [-0.4, -0.2) is 18.2 Å². The summed E-state index contributed by atoms with van der Waals surface area (Å²) in [5.74, 6) is 0. The smallest absolute Gasteiger partial charge is 0.101 e. The SMILES string of the molecule is Cc1cccc(CCNCC(O)c2cccs2)c1. The van der Waals surface area contributed by atoms with Gasteiger partial charge in [-0.15, -0.1) is 11.3 Å². The summed E-state index contributed by atoms with van der Waals surface area (Å²) in [4.78, 5) is 1.03. The average molecular weight is 261 g/mol. The summed E-state index contributed by atoms with van der Waals surface area (Å²) < 4.78 is 0. The maximum Gasteiger partial charge on any atom is 0.101 e. The maximum absolute atomic E-state index is 9.90. The molecule has 0 aliphatic rings. The second kappa shape index (κ2) is 6.69. The van der Waals surface area contributed by atoms with Crippen molar-refractivity contribution < 1.29 is 5.11 Å². The van der Waals surface area contributed by atoms with Gasteiger partial charge in [-0.05, 0) is 36.9 Å². The molecule has 2 nitrogen and oxygen atoms in total. The van der Waals surface area contributed by atoms with E-state index in [-0.39, 0.29) is 6.10 Å². The van der Waals surface area contributed by atoms with Crippen molar-refractivity contribution in [1.82, 2.24) is 5.32 Å². The Kier molecular flexibility index (Phi) is 4.93. The molecule has 0 fully saturated rings. The van der Waals surface area contributed by atoms with Crippen LogP contribution in [0, 0.1) is 6.92 Å². The fourth-order valence-corrected chi connectivity index (χ4v) is 2.63. The molecule has 0 amide bonds. The van der Waals surface area contributed by atoms with Gasteiger partial charge < -0.3 is 10.4 Å². The van der Waals surface area contributed by atoms with E-state index < -0.39 is 0 Å². The molecule has 18 heavy (non-hydrogen) atoms. The average Bonchev–Trinajstić information content (AvgIpc) is 2.88. The normalized spacial score (nSPS) is 12.6. The summed E-state index contributed by atoms with van der Waals surface area (Å²) in [6, 6.07) is 12.5. The highest BCUT2D eigenvalue weighted by Gasteiger charge is 2.06. The van der Waals surface area contributed by atoms with Crippen LogP contribution in [0.4, 0.5) is 0 Å². The lowest BCUT2D eigenvalue weighted by atomic mass is 10.1. The molecule has 1 heterocycles. The van der Waals surface area contributed by atoms with E-state index in [9.17, 15) is 5.11 Å². The summed E-state index contributed by atoms with van der Waals surface area (Å²) in [5.41, 5.74) is 2.64. The topological polar surface area (TPSA) is 32.3 Å². The number of hydrogen-bond acceptors (Lipinski definition) is 3. The Balaban J connectivity index is 1.70. The van der Waals surface area contributed by atoms with Gasteiger partial charge in [-0.3, -0.25) is 0 Å². The Morgan fingerprint density at radius 2 is 2.17 bits per heavy atom. The fourth-order valence-electron chi connectivity index (χ4n) is 1.92. The lowest BCUT2D eigenvalue weighted by Gasteiger charge is -2.10. The Hall–Kier alpha value is -1.16. The molecule has 1 unspecified atom stereocenters. The Bertz CT molecular complexity index is 467. The lowest BCUT2D eigenvalue weighted by molar-refractivity contribution is 0.179. The van der Waals surface area contributed by atoms with Crippen molar-refractivity contribution >= 4 is 11.3 Å². The van der Waals surface area contributed by atoms with Crippen molar-refractivity contribution in [3.8, 4) is 0 Å². The zero-order chi connectivity index (χ0) is 12.8. The molecule has 0 saturated heterocycles. The highest BCUT2D eigenvalue weighted by Crippen LogP contribution is 2.17. The molecule has 2 aromatic rings. The van der Waals surface area contributed by atoms with Crippen molar-refractivity contribution in [1.29, 1.82) is 0 Å². The maximum atomic E-state index is 9.90. The minimum absolute atomic E-state index is 0.387. The number of aliphatic hydroxyl groups is 1. The van der Waals surface area contributed by atoms with Crippen LogP contribution in [0.2, 0.25) is 0 Å². The van der Waals surface area contributed by atoms with Crippen LogP contribution < -0.4 is 5.32 Å². The quantitative estimate of drug-likeness (QED) is 0.784. The summed E-state index contributed by atoms with van der Waals surface area (Å²) in [7, 11) is 0. The van der Waals surface area contributed by atoms with Gasteiger partial charge in [-0.2, -0.15) is 0 Å². The number of thiophene rings is 1. The van der Waals surface area contributed by atoms with Gasteiger partial charge in [0, 0.05) is 11.4 Å².